The van der Waals surface area contributed by atoms with Crippen molar-refractivity contribution in [1.29, 1.82) is 0 Å². The molecule has 16 heavy (non-hydrogen) atoms. The number of fused-ring (bicyclic) bond motifs is 1. The molecule has 1 aromatic carbocycles. The summed E-state index contributed by atoms with van der Waals surface area (Å²) in [7, 11) is 1.94. The third kappa shape index (κ3) is 1.18. The topological polar surface area (TPSA) is 72.5 Å². The van der Waals surface area contributed by atoms with Crippen molar-refractivity contribution in [2.24, 2.45) is 7.05 Å². The van der Waals surface area contributed by atoms with Gasteiger partial charge in [0.1, 0.15) is 5.69 Å². The van der Waals surface area contributed by atoms with E-state index in [4.69, 9.17) is 5.73 Å². The van der Waals surface area contributed by atoms with Gasteiger partial charge in [0.05, 0.1) is 23.7 Å². The number of H-pyrrole nitrogens is 1. The van der Waals surface area contributed by atoms with Gasteiger partial charge in [-0.15, -0.1) is 0 Å². The number of aromatic nitrogens is 4. The van der Waals surface area contributed by atoms with E-state index in [-0.39, 0.29) is 0 Å². The maximum Gasteiger partial charge on any atom is 0.118 e. The minimum Gasteiger partial charge on any atom is -0.399 e. The van der Waals surface area contributed by atoms with Crippen molar-refractivity contribution in [3.63, 3.8) is 0 Å². The maximum atomic E-state index is 5.72. The first kappa shape index (κ1) is 8.96. The number of imidazole rings is 1. The van der Waals surface area contributed by atoms with Gasteiger partial charge in [0.2, 0.25) is 0 Å². The molecule has 0 aliphatic heterocycles. The Hall–Kier alpha value is -2.30. The third-order valence-corrected chi connectivity index (χ3v) is 2.65. The zero-order valence-corrected chi connectivity index (χ0v) is 8.81. The molecular weight excluding hydrogens is 202 g/mol. The Morgan fingerprint density at radius 1 is 1.38 bits per heavy atom. The Bertz CT molecular complexity index is 649. The standard InChI is InChI=1S/C11H11N5/c1-16-6-13-5-10(16)11-8-3-2-7(12)4-9(8)14-15-11/h2-6H,12H2,1H3,(H,14,15). The molecule has 5 heteroatoms. The van der Waals surface area contributed by atoms with Crippen LogP contribution in [0.4, 0.5) is 5.69 Å². The van der Waals surface area contributed by atoms with Crippen LogP contribution >= 0.6 is 0 Å². The molecule has 0 spiro atoms. The molecule has 0 bridgehead atoms. The van der Waals surface area contributed by atoms with Gasteiger partial charge in [0.25, 0.3) is 0 Å². The summed E-state index contributed by atoms with van der Waals surface area (Å²) in [6, 6.07) is 5.72. The van der Waals surface area contributed by atoms with Crippen LogP contribution in [0.25, 0.3) is 22.3 Å². The minimum atomic E-state index is 0.729. The summed E-state index contributed by atoms with van der Waals surface area (Å²) >= 11 is 0. The molecule has 2 aromatic heterocycles. The lowest BCUT2D eigenvalue weighted by Crippen LogP contribution is -1.89. The van der Waals surface area contributed by atoms with Gasteiger partial charge in [-0.2, -0.15) is 5.10 Å². The number of benzene rings is 1. The van der Waals surface area contributed by atoms with Gasteiger partial charge < -0.3 is 10.3 Å². The summed E-state index contributed by atoms with van der Waals surface area (Å²) in [5.74, 6) is 0. The monoisotopic (exact) mass is 213 g/mol. The predicted octanol–water partition coefficient (Wildman–Crippen LogP) is 1.55. The highest BCUT2D eigenvalue weighted by molar-refractivity contribution is 5.93. The molecule has 2 heterocycles. The van der Waals surface area contributed by atoms with Crippen molar-refractivity contribution in [3.05, 3.63) is 30.7 Å². The molecule has 0 amide bonds. The predicted molar refractivity (Wildman–Crippen MR) is 62.7 cm³/mol. The summed E-state index contributed by atoms with van der Waals surface area (Å²) in [6.45, 7) is 0. The van der Waals surface area contributed by atoms with Crippen LogP contribution in [0, 0.1) is 0 Å². The van der Waals surface area contributed by atoms with E-state index in [1.54, 1.807) is 12.5 Å². The normalized spacial score (nSPS) is 11.1. The molecule has 0 aliphatic carbocycles. The van der Waals surface area contributed by atoms with Crippen molar-refractivity contribution < 1.29 is 0 Å². The Morgan fingerprint density at radius 2 is 2.25 bits per heavy atom. The smallest absolute Gasteiger partial charge is 0.118 e. The Morgan fingerprint density at radius 3 is 3.00 bits per heavy atom. The number of hydrogen-bond acceptors (Lipinski definition) is 3. The van der Waals surface area contributed by atoms with Crippen LogP contribution in [-0.4, -0.2) is 19.7 Å². The number of aromatic amines is 1. The molecular formula is C11H11N5. The minimum absolute atomic E-state index is 0.729. The molecule has 3 aromatic rings. The molecule has 5 nitrogen and oxygen atoms in total. The number of nitrogens with zero attached hydrogens (tertiary/aromatic N) is 3. The highest BCUT2D eigenvalue weighted by Gasteiger charge is 2.10. The average molecular weight is 213 g/mol. The van der Waals surface area contributed by atoms with Crippen LogP contribution in [0.15, 0.2) is 30.7 Å². The quantitative estimate of drug-likeness (QED) is 0.602. The van der Waals surface area contributed by atoms with Crippen LogP contribution in [0.3, 0.4) is 0 Å². The number of rotatable bonds is 1. The number of nitrogen functional groups attached to an aromatic ring is 1. The first-order chi connectivity index (χ1) is 7.75. The van der Waals surface area contributed by atoms with Gasteiger partial charge in [0, 0.05) is 18.1 Å². The number of anilines is 1. The second kappa shape index (κ2) is 3.10. The Balaban J connectivity index is 2.30. The summed E-state index contributed by atoms with van der Waals surface area (Å²) in [5.41, 5.74) is 9.27. The van der Waals surface area contributed by atoms with Crippen LogP contribution in [0.2, 0.25) is 0 Å². The summed E-state index contributed by atoms with van der Waals surface area (Å²) in [5, 5.41) is 8.33. The molecule has 3 rings (SSSR count). The van der Waals surface area contributed by atoms with Gasteiger partial charge in [-0.05, 0) is 18.2 Å². The molecule has 80 valence electrons. The largest absolute Gasteiger partial charge is 0.399 e. The second-order valence-corrected chi connectivity index (χ2v) is 3.77. The fourth-order valence-electron chi connectivity index (χ4n) is 1.82. The van der Waals surface area contributed by atoms with Crippen molar-refractivity contribution in [2.45, 2.75) is 0 Å². The molecule has 0 saturated carbocycles. The summed E-state index contributed by atoms with van der Waals surface area (Å²) in [6.07, 6.45) is 3.55. The van der Waals surface area contributed by atoms with E-state index in [2.05, 4.69) is 15.2 Å². The van der Waals surface area contributed by atoms with Crippen molar-refractivity contribution in [1.82, 2.24) is 19.7 Å². The lowest BCUT2D eigenvalue weighted by Gasteiger charge is -1.98. The van der Waals surface area contributed by atoms with Crippen LogP contribution < -0.4 is 5.73 Å². The fraction of sp³-hybridized carbons (Fsp3) is 0.0909. The SMILES string of the molecule is Cn1cncc1-c1n[nH]c2cc(N)ccc12. The zero-order valence-electron chi connectivity index (χ0n) is 8.81. The van der Waals surface area contributed by atoms with Gasteiger partial charge >= 0.3 is 0 Å². The summed E-state index contributed by atoms with van der Waals surface area (Å²) in [4.78, 5) is 4.09. The van der Waals surface area contributed by atoms with E-state index in [0.717, 1.165) is 28.0 Å². The third-order valence-electron chi connectivity index (χ3n) is 2.65. The van der Waals surface area contributed by atoms with E-state index in [1.165, 1.54) is 0 Å². The molecule has 0 aliphatic rings. The van der Waals surface area contributed by atoms with Crippen LogP contribution in [0.5, 0.6) is 0 Å². The van der Waals surface area contributed by atoms with Crippen LogP contribution in [-0.2, 0) is 7.05 Å². The van der Waals surface area contributed by atoms with Gasteiger partial charge in [-0.25, -0.2) is 4.98 Å². The number of nitrogens with two attached hydrogens (primary N) is 1. The highest BCUT2D eigenvalue weighted by atomic mass is 15.1. The first-order valence-electron chi connectivity index (χ1n) is 4.96. The Labute approximate surface area is 91.9 Å². The molecule has 0 atom stereocenters. The van der Waals surface area contributed by atoms with E-state index in [0.29, 0.717) is 0 Å². The molecule has 0 radical (unpaired) electrons. The number of nitrogens with one attached hydrogen (secondary N) is 1. The van der Waals surface area contributed by atoms with Crippen molar-refractivity contribution in [3.8, 4) is 11.4 Å². The molecule has 3 N–H and O–H groups in total. The van der Waals surface area contributed by atoms with Crippen molar-refractivity contribution >= 4 is 16.6 Å². The maximum absolute atomic E-state index is 5.72. The fourth-order valence-corrected chi connectivity index (χ4v) is 1.82. The zero-order chi connectivity index (χ0) is 11.1. The van der Waals surface area contributed by atoms with Gasteiger partial charge in [0.15, 0.2) is 0 Å². The van der Waals surface area contributed by atoms with Gasteiger partial charge in [-0.3, -0.25) is 5.10 Å². The van der Waals surface area contributed by atoms with Crippen molar-refractivity contribution in [2.75, 3.05) is 5.73 Å². The molecule has 0 unspecified atom stereocenters. The van der Waals surface area contributed by atoms with E-state index >= 15 is 0 Å². The van der Waals surface area contributed by atoms with Crippen LogP contribution in [0.1, 0.15) is 0 Å². The second-order valence-electron chi connectivity index (χ2n) is 3.77. The first-order valence-corrected chi connectivity index (χ1v) is 4.96. The van der Waals surface area contributed by atoms with E-state index in [1.807, 2.05) is 29.8 Å². The van der Waals surface area contributed by atoms with E-state index < -0.39 is 0 Å². The number of hydrogen-bond donors (Lipinski definition) is 2. The Kier molecular flexibility index (Phi) is 1.73. The lowest BCUT2D eigenvalue weighted by molar-refractivity contribution is 0.914. The lowest BCUT2D eigenvalue weighted by atomic mass is 10.1. The highest BCUT2D eigenvalue weighted by Crippen LogP contribution is 2.26. The van der Waals surface area contributed by atoms with E-state index in [9.17, 15) is 0 Å². The number of aryl methyl sites for hydroxylation is 1. The van der Waals surface area contributed by atoms with Gasteiger partial charge in [-0.1, -0.05) is 0 Å². The summed E-state index contributed by atoms with van der Waals surface area (Å²) < 4.78 is 1.94. The molecule has 0 fully saturated rings. The average Bonchev–Trinajstić information content (AvgIpc) is 2.83. The molecule has 0 saturated heterocycles.